The van der Waals surface area contributed by atoms with Crippen LogP contribution in [0.5, 0.6) is 0 Å². The summed E-state index contributed by atoms with van der Waals surface area (Å²) in [6.45, 7) is 3.11. The molecule has 0 aromatic carbocycles. The highest BCUT2D eigenvalue weighted by Gasteiger charge is 2.23. The van der Waals surface area contributed by atoms with E-state index in [2.05, 4.69) is 10.6 Å². The summed E-state index contributed by atoms with van der Waals surface area (Å²) >= 11 is 0. The first-order valence-electron chi connectivity index (χ1n) is 4.91. The van der Waals surface area contributed by atoms with E-state index in [0.29, 0.717) is 0 Å². The second-order valence-electron chi connectivity index (χ2n) is 3.83. The number of carbonyl (C=O) groups excluding carboxylic acids is 1. The number of primary sulfonamides is 1. The van der Waals surface area contributed by atoms with Crippen LogP contribution in [0, 0.1) is 5.92 Å². The van der Waals surface area contributed by atoms with Crippen molar-refractivity contribution < 1.29 is 23.1 Å². The molecule has 5 N–H and O–H groups in total. The maximum Gasteiger partial charge on any atom is 0.326 e. The molecule has 0 aromatic heterocycles. The van der Waals surface area contributed by atoms with Gasteiger partial charge in [-0.2, -0.15) is 0 Å². The number of sulfonamides is 1. The third kappa shape index (κ3) is 7.53. The molecular formula is C8H17N3O5S. The zero-order chi connectivity index (χ0) is 13.6. The van der Waals surface area contributed by atoms with E-state index in [0.717, 1.165) is 0 Å². The first-order chi connectivity index (χ1) is 7.63. The number of rotatable bonds is 6. The average molecular weight is 267 g/mol. The number of carboxylic acid groups (broad SMARTS) is 1. The molecule has 0 spiro atoms. The van der Waals surface area contributed by atoms with Gasteiger partial charge in [-0.3, -0.25) is 0 Å². The van der Waals surface area contributed by atoms with Crippen molar-refractivity contribution in [2.24, 2.45) is 11.1 Å². The fourth-order valence-corrected chi connectivity index (χ4v) is 1.40. The number of carbonyl (C=O) groups is 2. The van der Waals surface area contributed by atoms with Gasteiger partial charge in [0.1, 0.15) is 6.04 Å². The topological polar surface area (TPSA) is 139 Å². The van der Waals surface area contributed by atoms with Gasteiger partial charge >= 0.3 is 12.0 Å². The first kappa shape index (κ1) is 15.7. The molecule has 0 saturated heterocycles. The molecule has 0 aliphatic heterocycles. The summed E-state index contributed by atoms with van der Waals surface area (Å²) < 4.78 is 21.1. The van der Waals surface area contributed by atoms with Crippen LogP contribution >= 0.6 is 0 Å². The molecule has 8 nitrogen and oxygen atoms in total. The van der Waals surface area contributed by atoms with Gasteiger partial charge in [-0.1, -0.05) is 13.8 Å². The van der Waals surface area contributed by atoms with E-state index in [4.69, 9.17) is 10.2 Å². The highest BCUT2D eigenvalue weighted by Crippen LogP contribution is 2.00. The van der Waals surface area contributed by atoms with E-state index in [-0.39, 0.29) is 12.5 Å². The zero-order valence-corrected chi connectivity index (χ0v) is 10.5. The monoisotopic (exact) mass is 267 g/mol. The van der Waals surface area contributed by atoms with Gasteiger partial charge in [0.2, 0.25) is 10.0 Å². The van der Waals surface area contributed by atoms with Crippen LogP contribution in [-0.2, 0) is 14.8 Å². The third-order valence-electron chi connectivity index (χ3n) is 1.89. The standard InChI is InChI=1S/C8H17N3O5S/c1-5(2)6(7(12)13)11-8(14)10-3-4-17(9,15)16/h5-6H,3-4H2,1-2H3,(H,12,13)(H2,9,15,16)(H2,10,11,14)/t6-/m0/s1. The molecule has 0 rings (SSSR count). The summed E-state index contributed by atoms with van der Waals surface area (Å²) in [6.07, 6.45) is 0. The Hall–Kier alpha value is -1.35. The van der Waals surface area contributed by atoms with E-state index in [1.807, 2.05) is 0 Å². The summed E-state index contributed by atoms with van der Waals surface area (Å²) in [6, 6.07) is -1.76. The second-order valence-corrected chi connectivity index (χ2v) is 5.56. The Labute approximate surface area is 99.6 Å². The van der Waals surface area contributed by atoms with Gasteiger partial charge in [-0.15, -0.1) is 0 Å². The zero-order valence-electron chi connectivity index (χ0n) is 9.63. The van der Waals surface area contributed by atoms with Crippen LogP contribution in [0.15, 0.2) is 0 Å². The van der Waals surface area contributed by atoms with Crippen molar-refractivity contribution in [3.8, 4) is 0 Å². The molecule has 0 heterocycles. The number of nitrogens with two attached hydrogens (primary N) is 1. The minimum Gasteiger partial charge on any atom is -0.480 e. The van der Waals surface area contributed by atoms with Crippen LogP contribution in [-0.4, -0.2) is 43.9 Å². The van der Waals surface area contributed by atoms with Crippen LogP contribution in [0.3, 0.4) is 0 Å². The summed E-state index contributed by atoms with van der Waals surface area (Å²) in [5.74, 6) is -1.84. The van der Waals surface area contributed by atoms with E-state index >= 15 is 0 Å². The van der Waals surface area contributed by atoms with E-state index in [9.17, 15) is 18.0 Å². The lowest BCUT2D eigenvalue weighted by Gasteiger charge is -2.18. The highest BCUT2D eigenvalue weighted by molar-refractivity contribution is 7.89. The van der Waals surface area contributed by atoms with E-state index in [1.54, 1.807) is 13.8 Å². The molecule has 0 radical (unpaired) electrons. The summed E-state index contributed by atoms with van der Waals surface area (Å²) in [7, 11) is -3.64. The van der Waals surface area contributed by atoms with Gasteiger partial charge in [0.15, 0.2) is 0 Å². The van der Waals surface area contributed by atoms with Crippen molar-refractivity contribution in [1.82, 2.24) is 10.6 Å². The van der Waals surface area contributed by atoms with Crippen molar-refractivity contribution in [1.29, 1.82) is 0 Å². The molecule has 1 atom stereocenters. The fraction of sp³-hybridized carbons (Fsp3) is 0.750. The third-order valence-corrected chi connectivity index (χ3v) is 2.66. The van der Waals surface area contributed by atoms with Gasteiger partial charge < -0.3 is 15.7 Å². The minimum atomic E-state index is -3.64. The van der Waals surface area contributed by atoms with Crippen LogP contribution in [0.25, 0.3) is 0 Å². The van der Waals surface area contributed by atoms with Crippen molar-refractivity contribution in [2.45, 2.75) is 19.9 Å². The Balaban J connectivity index is 4.13. The Bertz CT molecular complexity index is 379. The Morgan fingerprint density at radius 1 is 1.35 bits per heavy atom. The average Bonchev–Trinajstić information content (AvgIpc) is 2.10. The van der Waals surface area contributed by atoms with Crippen molar-refractivity contribution >= 4 is 22.0 Å². The lowest BCUT2D eigenvalue weighted by molar-refractivity contribution is -0.140. The number of urea groups is 1. The molecule has 17 heavy (non-hydrogen) atoms. The van der Waals surface area contributed by atoms with Crippen LogP contribution in [0.2, 0.25) is 0 Å². The normalized spacial score (nSPS) is 13.2. The quantitative estimate of drug-likeness (QED) is 0.473. The smallest absolute Gasteiger partial charge is 0.326 e. The lowest BCUT2D eigenvalue weighted by atomic mass is 10.1. The molecule has 0 bridgehead atoms. The van der Waals surface area contributed by atoms with Crippen LogP contribution in [0.1, 0.15) is 13.8 Å². The fourth-order valence-electron chi connectivity index (χ4n) is 1.01. The predicted octanol–water partition coefficient (Wildman–Crippen LogP) is -1.32. The SMILES string of the molecule is CC(C)[C@H](NC(=O)NCCS(N)(=O)=O)C(=O)O. The van der Waals surface area contributed by atoms with Gasteiger partial charge in [0, 0.05) is 6.54 Å². The predicted molar refractivity (Wildman–Crippen MR) is 60.8 cm³/mol. The maximum atomic E-state index is 11.2. The Morgan fingerprint density at radius 2 is 1.88 bits per heavy atom. The number of aliphatic carboxylic acids is 1. The van der Waals surface area contributed by atoms with Crippen molar-refractivity contribution in [2.75, 3.05) is 12.3 Å². The largest absolute Gasteiger partial charge is 0.480 e. The number of hydrogen-bond acceptors (Lipinski definition) is 4. The van der Waals surface area contributed by atoms with Gasteiger partial charge in [-0.25, -0.2) is 23.1 Å². The van der Waals surface area contributed by atoms with Gasteiger partial charge in [0.05, 0.1) is 5.75 Å². The van der Waals surface area contributed by atoms with Gasteiger partial charge in [-0.05, 0) is 5.92 Å². The van der Waals surface area contributed by atoms with Crippen LogP contribution in [0.4, 0.5) is 4.79 Å². The maximum absolute atomic E-state index is 11.2. The molecule has 9 heteroatoms. The second kappa shape index (κ2) is 6.40. The molecule has 2 amide bonds. The van der Waals surface area contributed by atoms with E-state index < -0.39 is 33.8 Å². The Morgan fingerprint density at radius 3 is 2.24 bits per heavy atom. The first-order valence-corrected chi connectivity index (χ1v) is 6.62. The highest BCUT2D eigenvalue weighted by atomic mass is 32.2. The molecule has 0 unspecified atom stereocenters. The van der Waals surface area contributed by atoms with Crippen LogP contribution < -0.4 is 15.8 Å². The van der Waals surface area contributed by atoms with Gasteiger partial charge in [0.25, 0.3) is 0 Å². The van der Waals surface area contributed by atoms with Crippen molar-refractivity contribution in [3.63, 3.8) is 0 Å². The summed E-state index contributed by atoms with van der Waals surface area (Å²) in [4.78, 5) is 22.0. The molecule has 0 aliphatic carbocycles. The molecule has 0 aromatic rings. The molecule has 0 saturated carbocycles. The summed E-state index contributed by atoms with van der Waals surface area (Å²) in [5, 5.41) is 17.9. The number of amides is 2. The lowest BCUT2D eigenvalue weighted by Crippen LogP contribution is -2.49. The molecule has 0 aliphatic rings. The van der Waals surface area contributed by atoms with E-state index in [1.165, 1.54) is 0 Å². The summed E-state index contributed by atoms with van der Waals surface area (Å²) in [5.41, 5.74) is 0. The molecular weight excluding hydrogens is 250 g/mol. The molecule has 100 valence electrons. The molecule has 0 fully saturated rings. The Kier molecular flexibility index (Phi) is 5.89. The number of nitrogens with one attached hydrogen (secondary N) is 2. The number of hydrogen-bond donors (Lipinski definition) is 4. The minimum absolute atomic E-state index is 0.172. The number of carboxylic acids is 1. The van der Waals surface area contributed by atoms with Crippen molar-refractivity contribution in [3.05, 3.63) is 0 Å².